The van der Waals surface area contributed by atoms with Crippen molar-refractivity contribution in [1.29, 1.82) is 0 Å². The number of halogens is 3. The smallest absolute Gasteiger partial charge is 0.264 e. The van der Waals surface area contributed by atoms with Gasteiger partial charge in [0.2, 0.25) is 11.8 Å². The molecule has 214 valence electrons. The zero-order valence-electron chi connectivity index (χ0n) is 22.7. The largest absolute Gasteiger partial charge is 0.352 e. The van der Waals surface area contributed by atoms with E-state index in [1.54, 1.807) is 19.1 Å². The van der Waals surface area contributed by atoms with Crippen LogP contribution in [0.25, 0.3) is 0 Å². The molecule has 0 saturated heterocycles. The summed E-state index contributed by atoms with van der Waals surface area (Å²) in [6.07, 6.45) is 0.683. The molecule has 11 heteroatoms. The SMILES string of the molecule is CC[C@H](C)NC(=O)[C@@H](C)N(Cc1ccc(F)cc1)C(=O)CN(c1cc(Cl)cc(Cl)c1)S(=O)(=O)c1ccc(C)cc1. The van der Waals surface area contributed by atoms with Crippen LogP contribution in [0.4, 0.5) is 10.1 Å². The van der Waals surface area contributed by atoms with Crippen molar-refractivity contribution in [1.82, 2.24) is 10.2 Å². The van der Waals surface area contributed by atoms with Gasteiger partial charge in [-0.05, 0) is 75.2 Å². The maximum atomic E-state index is 13.9. The molecular weight excluding hydrogens is 576 g/mol. The first kappa shape index (κ1) is 31.4. The van der Waals surface area contributed by atoms with Crippen LogP contribution in [0.15, 0.2) is 71.6 Å². The van der Waals surface area contributed by atoms with Crippen LogP contribution in [0.2, 0.25) is 10.0 Å². The van der Waals surface area contributed by atoms with Crippen LogP contribution in [-0.2, 0) is 26.2 Å². The van der Waals surface area contributed by atoms with Gasteiger partial charge in [0.25, 0.3) is 10.0 Å². The highest BCUT2D eigenvalue weighted by Crippen LogP contribution is 2.30. The molecule has 2 atom stereocenters. The third-order valence-corrected chi connectivity index (χ3v) is 8.68. The summed E-state index contributed by atoms with van der Waals surface area (Å²) in [7, 11) is -4.26. The fraction of sp³-hybridized carbons (Fsp3) is 0.310. The summed E-state index contributed by atoms with van der Waals surface area (Å²) >= 11 is 12.4. The molecule has 0 bridgehead atoms. The highest BCUT2D eigenvalue weighted by atomic mass is 35.5. The molecule has 7 nitrogen and oxygen atoms in total. The summed E-state index contributed by atoms with van der Waals surface area (Å²) in [6, 6.07) is 14.9. The highest BCUT2D eigenvalue weighted by Gasteiger charge is 2.33. The first-order valence-corrected chi connectivity index (χ1v) is 14.9. The molecule has 1 N–H and O–H groups in total. The van der Waals surface area contributed by atoms with E-state index in [1.807, 2.05) is 20.8 Å². The third kappa shape index (κ3) is 7.96. The van der Waals surface area contributed by atoms with E-state index >= 15 is 0 Å². The molecule has 0 heterocycles. The topological polar surface area (TPSA) is 86.8 Å². The Kier molecular flexibility index (Phi) is 10.6. The Hall–Kier alpha value is -3.14. The summed E-state index contributed by atoms with van der Waals surface area (Å²) in [5.41, 5.74) is 1.51. The van der Waals surface area contributed by atoms with Crippen molar-refractivity contribution in [3.63, 3.8) is 0 Å². The summed E-state index contributed by atoms with van der Waals surface area (Å²) in [4.78, 5) is 28.2. The molecule has 0 aliphatic heterocycles. The molecule has 3 rings (SSSR count). The molecule has 0 saturated carbocycles. The number of hydrogen-bond acceptors (Lipinski definition) is 4. The molecule has 3 aromatic carbocycles. The second kappa shape index (κ2) is 13.5. The lowest BCUT2D eigenvalue weighted by Gasteiger charge is -2.32. The van der Waals surface area contributed by atoms with Crippen molar-refractivity contribution < 1.29 is 22.4 Å². The quantitative estimate of drug-likeness (QED) is 0.291. The van der Waals surface area contributed by atoms with Gasteiger partial charge >= 0.3 is 0 Å². The van der Waals surface area contributed by atoms with Crippen LogP contribution in [0.1, 0.15) is 38.3 Å². The number of nitrogens with zero attached hydrogens (tertiary/aromatic N) is 2. The molecular formula is C29H32Cl2FN3O4S. The van der Waals surface area contributed by atoms with E-state index < -0.39 is 40.2 Å². The minimum Gasteiger partial charge on any atom is -0.352 e. The summed E-state index contributed by atoms with van der Waals surface area (Å²) in [6.45, 7) is 6.45. The van der Waals surface area contributed by atoms with Gasteiger partial charge in [0.1, 0.15) is 18.4 Å². The monoisotopic (exact) mass is 607 g/mol. The predicted octanol–water partition coefficient (Wildman–Crippen LogP) is 5.97. The average molecular weight is 609 g/mol. The third-order valence-electron chi connectivity index (χ3n) is 6.46. The zero-order valence-corrected chi connectivity index (χ0v) is 25.0. The van der Waals surface area contributed by atoms with E-state index in [-0.39, 0.29) is 33.2 Å². The standard InChI is InChI=1S/C29H32Cl2FN3O4S/c1-5-20(3)33-29(37)21(4)34(17-22-8-10-25(32)11-9-22)28(36)18-35(26-15-23(30)14-24(31)16-26)40(38,39)27-12-6-19(2)7-13-27/h6-16,20-21H,5,17-18H2,1-4H3,(H,33,37)/t20-,21+/m0/s1. The molecule has 0 unspecified atom stereocenters. The number of carbonyl (C=O) groups is 2. The Labute approximate surface area is 244 Å². The summed E-state index contributed by atoms with van der Waals surface area (Å²) < 4.78 is 42.2. The first-order chi connectivity index (χ1) is 18.8. The maximum absolute atomic E-state index is 13.9. The van der Waals surface area contributed by atoms with Gasteiger partial charge in [0.05, 0.1) is 10.6 Å². The van der Waals surface area contributed by atoms with E-state index in [4.69, 9.17) is 23.2 Å². The van der Waals surface area contributed by atoms with Crippen molar-refractivity contribution in [2.24, 2.45) is 0 Å². The maximum Gasteiger partial charge on any atom is 0.264 e. The number of sulfonamides is 1. The molecule has 40 heavy (non-hydrogen) atoms. The van der Waals surface area contributed by atoms with Gasteiger partial charge in [-0.2, -0.15) is 0 Å². The first-order valence-electron chi connectivity index (χ1n) is 12.7. The van der Waals surface area contributed by atoms with Gasteiger partial charge in [-0.25, -0.2) is 12.8 Å². The summed E-state index contributed by atoms with van der Waals surface area (Å²) in [5.74, 6) is -1.50. The number of aryl methyl sites for hydroxylation is 1. The number of amides is 2. The molecule has 0 fully saturated rings. The number of carbonyl (C=O) groups excluding carboxylic acids is 2. The van der Waals surface area contributed by atoms with E-state index in [0.29, 0.717) is 12.0 Å². The van der Waals surface area contributed by atoms with Crippen molar-refractivity contribution >= 4 is 50.7 Å². The zero-order chi connectivity index (χ0) is 29.6. The number of rotatable bonds is 11. The molecule has 3 aromatic rings. The second-order valence-electron chi connectivity index (χ2n) is 9.59. The average Bonchev–Trinajstić information content (AvgIpc) is 2.90. The van der Waals surface area contributed by atoms with Crippen LogP contribution < -0.4 is 9.62 Å². The fourth-order valence-electron chi connectivity index (χ4n) is 3.88. The molecule has 0 aliphatic carbocycles. The van der Waals surface area contributed by atoms with Gasteiger partial charge in [0.15, 0.2) is 0 Å². The van der Waals surface area contributed by atoms with E-state index in [2.05, 4.69) is 5.32 Å². The van der Waals surface area contributed by atoms with Crippen molar-refractivity contribution in [2.45, 2.75) is 57.6 Å². The van der Waals surface area contributed by atoms with Gasteiger partial charge in [-0.3, -0.25) is 13.9 Å². The van der Waals surface area contributed by atoms with E-state index in [0.717, 1.165) is 9.87 Å². The summed E-state index contributed by atoms with van der Waals surface area (Å²) in [5, 5.41) is 3.23. The van der Waals surface area contributed by atoms with Crippen molar-refractivity contribution in [3.8, 4) is 0 Å². The van der Waals surface area contributed by atoms with Crippen LogP contribution in [0, 0.1) is 12.7 Å². The van der Waals surface area contributed by atoms with Crippen molar-refractivity contribution in [3.05, 3.63) is 93.7 Å². The van der Waals surface area contributed by atoms with E-state index in [1.165, 1.54) is 59.5 Å². The Bertz CT molecular complexity index is 1430. The molecule has 0 spiro atoms. The second-order valence-corrected chi connectivity index (χ2v) is 12.3. The minimum absolute atomic E-state index is 0.0327. The highest BCUT2D eigenvalue weighted by molar-refractivity contribution is 7.92. The lowest BCUT2D eigenvalue weighted by atomic mass is 10.1. The Balaban J connectivity index is 2.05. The molecule has 2 amide bonds. The lowest BCUT2D eigenvalue weighted by Crippen LogP contribution is -2.52. The number of nitrogens with one attached hydrogen (secondary N) is 1. The van der Waals surface area contributed by atoms with Gasteiger partial charge in [0, 0.05) is 22.6 Å². The predicted molar refractivity (Wildman–Crippen MR) is 156 cm³/mol. The van der Waals surface area contributed by atoms with E-state index in [9.17, 15) is 22.4 Å². The van der Waals surface area contributed by atoms with Crippen LogP contribution in [-0.4, -0.2) is 43.8 Å². The van der Waals surface area contributed by atoms with Crippen LogP contribution in [0.5, 0.6) is 0 Å². The number of anilines is 1. The Morgan fingerprint density at radius 3 is 2.08 bits per heavy atom. The van der Waals surface area contributed by atoms with Crippen LogP contribution in [0.3, 0.4) is 0 Å². The molecule has 0 radical (unpaired) electrons. The van der Waals surface area contributed by atoms with Gasteiger partial charge < -0.3 is 10.2 Å². The Morgan fingerprint density at radius 2 is 1.52 bits per heavy atom. The number of benzene rings is 3. The normalized spacial score (nSPS) is 12.9. The van der Waals surface area contributed by atoms with Crippen LogP contribution >= 0.6 is 23.2 Å². The Morgan fingerprint density at radius 1 is 0.950 bits per heavy atom. The lowest BCUT2D eigenvalue weighted by molar-refractivity contribution is -0.139. The molecule has 0 aromatic heterocycles. The fourth-order valence-corrected chi connectivity index (χ4v) is 5.80. The number of hydrogen-bond donors (Lipinski definition) is 1. The van der Waals surface area contributed by atoms with Gasteiger partial charge in [-0.15, -0.1) is 0 Å². The molecule has 0 aliphatic rings. The minimum atomic E-state index is -4.26. The van der Waals surface area contributed by atoms with Gasteiger partial charge in [-0.1, -0.05) is 60.0 Å². The van der Waals surface area contributed by atoms with Crippen molar-refractivity contribution in [2.75, 3.05) is 10.8 Å².